The minimum atomic E-state index is -1.19. The predicted molar refractivity (Wildman–Crippen MR) is 171 cm³/mol. The summed E-state index contributed by atoms with van der Waals surface area (Å²) in [6.07, 6.45) is -4.32. The molecular weight excluding hydrogens is 680 g/mol. The first kappa shape index (κ1) is 41.7. The van der Waals surface area contributed by atoms with E-state index in [1.165, 1.54) is 12.1 Å². The summed E-state index contributed by atoms with van der Waals surface area (Å²) in [7, 11) is 0. The van der Waals surface area contributed by atoms with Gasteiger partial charge >= 0.3 is 17.9 Å². The van der Waals surface area contributed by atoms with E-state index in [1.807, 2.05) is 0 Å². The van der Waals surface area contributed by atoms with Crippen LogP contribution in [0.15, 0.2) is 18.2 Å². The smallest absolute Gasteiger partial charge is 0.306 e. The van der Waals surface area contributed by atoms with Gasteiger partial charge in [0.15, 0.2) is 17.3 Å². The van der Waals surface area contributed by atoms with E-state index < -0.39 is 66.7 Å². The van der Waals surface area contributed by atoms with E-state index in [4.69, 9.17) is 43.0 Å². The van der Waals surface area contributed by atoms with Crippen LogP contribution in [-0.2, 0) is 52.3 Å². The minimum absolute atomic E-state index is 0.00719. The summed E-state index contributed by atoms with van der Waals surface area (Å²) in [6, 6.07) is 3.67. The maximum atomic E-state index is 13.2. The van der Waals surface area contributed by atoms with Gasteiger partial charge in [-0.15, -0.1) is 0 Å². The van der Waals surface area contributed by atoms with Crippen molar-refractivity contribution in [3.8, 4) is 0 Å². The van der Waals surface area contributed by atoms with Crippen LogP contribution in [0.3, 0.4) is 0 Å². The predicted octanol–water partition coefficient (Wildman–Crippen LogP) is 0.332. The number of carboxylic acids is 1. The first-order chi connectivity index (χ1) is 24.5. The molecule has 1 aromatic carbocycles. The fourth-order valence-corrected chi connectivity index (χ4v) is 4.31. The van der Waals surface area contributed by atoms with Crippen LogP contribution >= 0.6 is 0 Å². The summed E-state index contributed by atoms with van der Waals surface area (Å²) in [4.78, 5) is 74.4. The van der Waals surface area contributed by atoms with Gasteiger partial charge in [-0.25, -0.2) is 0 Å². The van der Waals surface area contributed by atoms with E-state index in [0.29, 0.717) is 39.6 Å². The molecule has 17 nitrogen and oxygen atoms in total. The molecule has 3 rings (SSSR count). The molecule has 0 aromatic heterocycles. The second-order valence-corrected chi connectivity index (χ2v) is 11.8. The second kappa shape index (κ2) is 23.0. The molecule has 0 bridgehead atoms. The van der Waals surface area contributed by atoms with Crippen LogP contribution in [0.2, 0.25) is 0 Å². The Labute approximate surface area is 294 Å². The van der Waals surface area contributed by atoms with Gasteiger partial charge < -0.3 is 53.2 Å². The van der Waals surface area contributed by atoms with Crippen molar-refractivity contribution in [3.63, 3.8) is 0 Å². The zero-order valence-electron chi connectivity index (χ0n) is 28.3. The highest BCUT2D eigenvalue weighted by atomic mass is 16.6. The maximum absolute atomic E-state index is 13.2. The number of esters is 2. The van der Waals surface area contributed by atoms with Crippen molar-refractivity contribution in [3.05, 3.63) is 34.9 Å². The quantitative estimate of drug-likeness (QED) is 0.0419. The number of aliphatic carboxylic acids is 1. The zero-order valence-corrected chi connectivity index (χ0v) is 28.3. The van der Waals surface area contributed by atoms with Crippen LogP contribution in [-0.4, -0.2) is 154 Å². The summed E-state index contributed by atoms with van der Waals surface area (Å²) in [5.74, 6) is -4.65. The summed E-state index contributed by atoms with van der Waals surface area (Å²) in [5.41, 5.74) is -0.305. The Bertz CT molecular complexity index is 1310. The third-order valence-corrected chi connectivity index (χ3v) is 7.27. The third-order valence-electron chi connectivity index (χ3n) is 7.27. The Balaban J connectivity index is 1.44. The SMILES string of the molecule is O=C(O)CCC(=O)c1ccc(C(=O)CCC(=O)OCC(O)COCCOCC2CO2)c(C(=O)CCC(=O)OCC(O)COCCOCC2CO2)c1. The molecule has 2 saturated heterocycles. The zero-order chi connectivity index (χ0) is 37.0. The van der Waals surface area contributed by atoms with Crippen LogP contribution < -0.4 is 0 Å². The van der Waals surface area contributed by atoms with E-state index >= 15 is 0 Å². The van der Waals surface area contributed by atoms with E-state index in [2.05, 4.69) is 0 Å². The number of benzene rings is 1. The molecule has 0 amide bonds. The lowest BCUT2D eigenvalue weighted by atomic mass is 9.92. The van der Waals surface area contributed by atoms with Gasteiger partial charge in [0, 0.05) is 36.0 Å². The Morgan fingerprint density at radius 2 is 1.06 bits per heavy atom. The molecule has 17 heteroatoms. The molecular formula is C34H46O17. The number of Topliss-reactive ketones (excluding diaryl/α,β-unsaturated/α-hetero) is 3. The number of ketones is 3. The molecule has 2 aliphatic heterocycles. The monoisotopic (exact) mass is 726 g/mol. The lowest BCUT2D eigenvalue weighted by molar-refractivity contribution is -0.148. The Hall–Kier alpha value is -3.68. The third kappa shape index (κ3) is 18.4. The van der Waals surface area contributed by atoms with Gasteiger partial charge in [-0.05, 0) is 12.1 Å². The number of carbonyl (C=O) groups excluding carboxylic acids is 5. The standard InChI is InChI=1S/C34H46O17/c35-23(14-44-9-11-46-18-25-20-48-25)16-50-33(42)7-4-30(38)27-2-1-22(29(37)3-6-32(40)41)13-28(27)31(39)5-8-34(43)51-17-24(36)15-45-10-12-47-19-26-21-49-26/h1-2,13,23-26,35-36H,3-12,14-21H2,(H,40,41). The van der Waals surface area contributed by atoms with E-state index in [9.17, 15) is 39.0 Å². The average molecular weight is 727 g/mol. The average Bonchev–Trinajstić information content (AvgIpc) is 4.06. The molecule has 1 aromatic rings. The first-order valence-electron chi connectivity index (χ1n) is 16.7. The van der Waals surface area contributed by atoms with Gasteiger partial charge in [0.25, 0.3) is 0 Å². The molecule has 2 aliphatic rings. The fraction of sp³-hybridized carbons (Fsp3) is 0.647. The molecule has 0 saturated carbocycles. The van der Waals surface area contributed by atoms with Crippen LogP contribution in [0.25, 0.3) is 0 Å². The topological polar surface area (TPSA) is 244 Å². The molecule has 0 aliphatic carbocycles. The van der Waals surface area contributed by atoms with Crippen LogP contribution in [0.5, 0.6) is 0 Å². The lowest BCUT2D eigenvalue weighted by Crippen LogP contribution is -2.25. The van der Waals surface area contributed by atoms with Gasteiger partial charge in [-0.2, -0.15) is 0 Å². The highest BCUT2D eigenvalue weighted by molar-refractivity contribution is 6.11. The van der Waals surface area contributed by atoms with Crippen LogP contribution in [0.4, 0.5) is 0 Å². The molecule has 51 heavy (non-hydrogen) atoms. The number of rotatable bonds is 30. The summed E-state index contributed by atoms with van der Waals surface area (Å²) >= 11 is 0. The fourth-order valence-electron chi connectivity index (χ4n) is 4.31. The highest BCUT2D eigenvalue weighted by Gasteiger charge is 2.24. The number of ether oxygens (including phenoxy) is 8. The first-order valence-corrected chi connectivity index (χ1v) is 16.7. The van der Waals surface area contributed by atoms with Gasteiger partial charge in [0.1, 0.15) is 37.6 Å². The van der Waals surface area contributed by atoms with Crippen molar-refractivity contribution < 1.29 is 82.0 Å². The Kier molecular flexibility index (Phi) is 18.8. The summed E-state index contributed by atoms with van der Waals surface area (Å²) in [5, 5.41) is 28.9. The van der Waals surface area contributed by atoms with Crippen molar-refractivity contribution >= 4 is 35.3 Å². The van der Waals surface area contributed by atoms with Gasteiger partial charge in [0.2, 0.25) is 0 Å². The summed E-state index contributed by atoms with van der Waals surface area (Å²) in [6.45, 7) is 2.40. The molecule has 2 fully saturated rings. The van der Waals surface area contributed by atoms with Crippen molar-refractivity contribution in [2.24, 2.45) is 0 Å². The molecule has 0 spiro atoms. The summed E-state index contributed by atoms with van der Waals surface area (Å²) < 4.78 is 41.2. The Morgan fingerprint density at radius 3 is 1.53 bits per heavy atom. The van der Waals surface area contributed by atoms with Gasteiger partial charge in [0.05, 0.1) is 85.3 Å². The molecule has 4 unspecified atom stereocenters. The molecule has 2 heterocycles. The van der Waals surface area contributed by atoms with E-state index in [-0.39, 0.29) is 87.8 Å². The minimum Gasteiger partial charge on any atom is -0.481 e. The second-order valence-electron chi connectivity index (χ2n) is 11.8. The number of aliphatic hydroxyl groups excluding tert-OH is 2. The normalized spacial score (nSPS) is 17.3. The molecule has 284 valence electrons. The largest absolute Gasteiger partial charge is 0.481 e. The number of hydrogen-bond donors (Lipinski definition) is 3. The number of epoxide rings is 2. The van der Waals surface area contributed by atoms with Crippen LogP contribution in [0, 0.1) is 0 Å². The van der Waals surface area contributed by atoms with Gasteiger partial charge in [-0.1, -0.05) is 6.07 Å². The van der Waals surface area contributed by atoms with Crippen molar-refractivity contribution in [2.75, 3.05) is 79.3 Å². The van der Waals surface area contributed by atoms with E-state index in [1.54, 1.807) is 0 Å². The van der Waals surface area contributed by atoms with Crippen molar-refractivity contribution in [1.82, 2.24) is 0 Å². The van der Waals surface area contributed by atoms with Crippen molar-refractivity contribution in [1.29, 1.82) is 0 Å². The number of carboxylic acid groups (broad SMARTS) is 1. The van der Waals surface area contributed by atoms with Crippen molar-refractivity contribution in [2.45, 2.75) is 62.9 Å². The molecule has 3 N–H and O–H groups in total. The number of hydrogen-bond acceptors (Lipinski definition) is 16. The molecule has 0 radical (unpaired) electrons. The lowest BCUT2D eigenvalue weighted by Gasteiger charge is -2.13. The number of carbonyl (C=O) groups is 6. The Morgan fingerprint density at radius 1 is 0.608 bits per heavy atom. The number of aliphatic hydroxyl groups is 2. The maximum Gasteiger partial charge on any atom is 0.306 e. The van der Waals surface area contributed by atoms with Crippen LogP contribution in [0.1, 0.15) is 69.6 Å². The molecule has 4 atom stereocenters. The van der Waals surface area contributed by atoms with Gasteiger partial charge in [-0.3, -0.25) is 28.8 Å². The highest BCUT2D eigenvalue weighted by Crippen LogP contribution is 2.20. The van der Waals surface area contributed by atoms with E-state index in [0.717, 1.165) is 6.07 Å².